The molecular weight excluding hydrogens is 294 g/mol. The van der Waals surface area contributed by atoms with Crippen LogP contribution >= 0.6 is 11.6 Å². The van der Waals surface area contributed by atoms with Gasteiger partial charge in [0.1, 0.15) is 5.75 Å². The minimum absolute atomic E-state index is 0.330. The average Bonchev–Trinajstić information content (AvgIpc) is 2.48. The molecule has 1 aromatic heterocycles. The van der Waals surface area contributed by atoms with Gasteiger partial charge >= 0.3 is 5.69 Å². The van der Waals surface area contributed by atoms with E-state index in [4.69, 9.17) is 16.3 Å². The number of nitrogens with one attached hydrogen (secondary N) is 1. The lowest BCUT2D eigenvalue weighted by Gasteiger charge is -2.12. The van der Waals surface area contributed by atoms with Crippen molar-refractivity contribution in [1.29, 1.82) is 0 Å². The van der Waals surface area contributed by atoms with Crippen LogP contribution in [-0.2, 0) is 20.6 Å². The van der Waals surface area contributed by atoms with Gasteiger partial charge in [-0.1, -0.05) is 11.6 Å². The van der Waals surface area contributed by atoms with Crippen molar-refractivity contribution in [3.63, 3.8) is 0 Å². The smallest absolute Gasteiger partial charge is 0.330 e. The maximum atomic E-state index is 11.8. The van der Waals surface area contributed by atoms with Crippen LogP contribution in [0.5, 0.6) is 5.75 Å². The minimum Gasteiger partial charge on any atom is -0.495 e. The fourth-order valence-electron chi connectivity index (χ4n) is 1.91. The summed E-state index contributed by atoms with van der Waals surface area (Å²) in [5.74, 6) is 0.555. The highest BCUT2D eigenvalue weighted by molar-refractivity contribution is 6.32. The Morgan fingerprint density at radius 2 is 1.90 bits per heavy atom. The monoisotopic (exact) mass is 309 g/mol. The van der Waals surface area contributed by atoms with E-state index in [0.717, 1.165) is 10.3 Å². The van der Waals surface area contributed by atoms with Gasteiger partial charge in [-0.2, -0.15) is 0 Å². The number of ether oxygens (including phenoxy) is 1. The third-order valence-electron chi connectivity index (χ3n) is 3.25. The van der Waals surface area contributed by atoms with Gasteiger partial charge in [-0.05, 0) is 12.1 Å². The molecule has 0 unspecified atom stereocenters. The van der Waals surface area contributed by atoms with Crippen LogP contribution in [0.4, 0.5) is 5.69 Å². The van der Waals surface area contributed by atoms with Crippen LogP contribution in [-0.4, -0.2) is 16.2 Å². The van der Waals surface area contributed by atoms with E-state index >= 15 is 0 Å². The standard InChI is InChI=1S/C14H16ClN3O3/c1-17-10(7-13(19)18(2)14(17)20)8-16-9-4-5-11(15)12(6-9)21-3/h4-7,16H,8H2,1-3H3. The predicted molar refractivity (Wildman–Crippen MR) is 82.3 cm³/mol. The Morgan fingerprint density at radius 1 is 1.19 bits per heavy atom. The van der Waals surface area contributed by atoms with Crippen molar-refractivity contribution >= 4 is 17.3 Å². The zero-order valence-electron chi connectivity index (χ0n) is 12.0. The second-order valence-corrected chi connectivity index (χ2v) is 4.98. The Kier molecular flexibility index (Phi) is 4.37. The molecule has 0 saturated carbocycles. The second kappa shape index (κ2) is 6.05. The summed E-state index contributed by atoms with van der Waals surface area (Å²) >= 11 is 5.96. The van der Waals surface area contributed by atoms with Crippen molar-refractivity contribution in [2.75, 3.05) is 12.4 Å². The molecule has 0 radical (unpaired) electrons. The fraction of sp³-hybridized carbons (Fsp3) is 0.286. The molecule has 0 amide bonds. The molecule has 112 valence electrons. The Labute approximate surface area is 126 Å². The lowest BCUT2D eigenvalue weighted by molar-refractivity contribution is 0.415. The van der Waals surface area contributed by atoms with E-state index in [1.807, 2.05) is 0 Å². The van der Waals surface area contributed by atoms with Crippen molar-refractivity contribution in [2.45, 2.75) is 6.54 Å². The predicted octanol–water partition coefficient (Wildman–Crippen LogP) is 1.36. The highest BCUT2D eigenvalue weighted by Gasteiger charge is 2.06. The number of methoxy groups -OCH3 is 1. The SMILES string of the molecule is COc1cc(NCc2cc(=O)n(C)c(=O)n2C)ccc1Cl. The highest BCUT2D eigenvalue weighted by atomic mass is 35.5. The van der Waals surface area contributed by atoms with E-state index in [0.29, 0.717) is 23.0 Å². The van der Waals surface area contributed by atoms with Gasteiger partial charge in [0.2, 0.25) is 0 Å². The number of benzene rings is 1. The molecule has 0 bridgehead atoms. The molecule has 21 heavy (non-hydrogen) atoms. The molecule has 0 atom stereocenters. The highest BCUT2D eigenvalue weighted by Crippen LogP contribution is 2.27. The number of anilines is 1. The van der Waals surface area contributed by atoms with Crippen LogP contribution in [0.15, 0.2) is 33.9 Å². The van der Waals surface area contributed by atoms with E-state index in [9.17, 15) is 9.59 Å². The number of hydrogen-bond acceptors (Lipinski definition) is 4. The molecule has 0 aliphatic rings. The Bertz CT molecular complexity index is 780. The van der Waals surface area contributed by atoms with Crippen LogP contribution in [0.3, 0.4) is 0 Å². The zero-order valence-corrected chi connectivity index (χ0v) is 12.8. The quantitative estimate of drug-likeness (QED) is 0.926. The van der Waals surface area contributed by atoms with Crippen LogP contribution in [0, 0.1) is 0 Å². The van der Waals surface area contributed by atoms with Crippen molar-refractivity contribution in [3.8, 4) is 5.75 Å². The first-order valence-electron chi connectivity index (χ1n) is 6.27. The molecule has 0 saturated heterocycles. The third kappa shape index (κ3) is 3.11. The minimum atomic E-state index is -0.354. The molecule has 2 rings (SSSR count). The third-order valence-corrected chi connectivity index (χ3v) is 3.56. The maximum Gasteiger partial charge on any atom is 0.330 e. The van der Waals surface area contributed by atoms with Gasteiger partial charge in [0.15, 0.2) is 0 Å². The summed E-state index contributed by atoms with van der Waals surface area (Å²) in [6, 6.07) is 6.69. The van der Waals surface area contributed by atoms with Crippen molar-refractivity contribution < 1.29 is 4.74 Å². The topological polar surface area (TPSA) is 65.3 Å². The van der Waals surface area contributed by atoms with E-state index in [1.165, 1.54) is 24.8 Å². The molecule has 2 aromatic rings. The van der Waals surface area contributed by atoms with E-state index in [2.05, 4.69) is 5.32 Å². The van der Waals surface area contributed by atoms with Crippen LogP contribution in [0.1, 0.15) is 5.69 Å². The number of nitrogens with zero attached hydrogens (tertiary/aromatic N) is 2. The van der Waals surface area contributed by atoms with Crippen LogP contribution in [0.2, 0.25) is 5.02 Å². The Morgan fingerprint density at radius 3 is 2.57 bits per heavy atom. The number of hydrogen-bond donors (Lipinski definition) is 1. The summed E-state index contributed by atoms with van der Waals surface area (Å²) in [7, 11) is 4.61. The second-order valence-electron chi connectivity index (χ2n) is 4.58. The van der Waals surface area contributed by atoms with Crippen molar-refractivity contribution in [3.05, 3.63) is 55.8 Å². The Balaban J connectivity index is 2.25. The largest absolute Gasteiger partial charge is 0.495 e. The summed E-state index contributed by atoms with van der Waals surface area (Å²) < 4.78 is 7.63. The van der Waals surface area contributed by atoms with Crippen molar-refractivity contribution in [2.24, 2.45) is 14.1 Å². The number of halogens is 1. The molecule has 0 spiro atoms. The van der Waals surface area contributed by atoms with Crippen LogP contribution in [0.25, 0.3) is 0 Å². The number of aromatic nitrogens is 2. The Hall–Kier alpha value is -2.21. The maximum absolute atomic E-state index is 11.8. The summed E-state index contributed by atoms with van der Waals surface area (Å²) in [6.07, 6.45) is 0. The average molecular weight is 310 g/mol. The molecular formula is C14H16ClN3O3. The molecule has 1 heterocycles. The molecule has 0 aliphatic heterocycles. The molecule has 6 nitrogen and oxygen atoms in total. The van der Waals surface area contributed by atoms with E-state index in [-0.39, 0.29) is 11.2 Å². The van der Waals surface area contributed by atoms with Gasteiger partial charge in [-0.3, -0.25) is 13.9 Å². The zero-order chi connectivity index (χ0) is 15.6. The molecule has 0 fully saturated rings. The molecule has 1 N–H and O–H groups in total. The first-order valence-corrected chi connectivity index (χ1v) is 6.65. The lowest BCUT2D eigenvalue weighted by atomic mass is 10.3. The first kappa shape index (κ1) is 15.2. The lowest BCUT2D eigenvalue weighted by Crippen LogP contribution is -2.38. The van der Waals surface area contributed by atoms with Gasteiger partial charge in [0.25, 0.3) is 5.56 Å². The molecule has 1 aromatic carbocycles. The molecule has 7 heteroatoms. The van der Waals surface area contributed by atoms with Gasteiger partial charge in [0.05, 0.1) is 18.7 Å². The van der Waals surface area contributed by atoms with Crippen LogP contribution < -0.4 is 21.3 Å². The first-order chi connectivity index (χ1) is 9.93. The summed E-state index contributed by atoms with van der Waals surface area (Å²) in [5.41, 5.74) is 0.693. The van der Waals surface area contributed by atoms with Gasteiger partial charge in [-0.25, -0.2) is 4.79 Å². The number of rotatable bonds is 4. The fourth-order valence-corrected chi connectivity index (χ4v) is 2.10. The van der Waals surface area contributed by atoms with Gasteiger partial charge in [0, 0.05) is 37.6 Å². The summed E-state index contributed by atoms with van der Waals surface area (Å²) in [4.78, 5) is 23.5. The van der Waals surface area contributed by atoms with E-state index < -0.39 is 0 Å². The van der Waals surface area contributed by atoms with Crippen molar-refractivity contribution in [1.82, 2.24) is 9.13 Å². The summed E-state index contributed by atoms with van der Waals surface area (Å²) in [5, 5.41) is 3.65. The normalized spacial score (nSPS) is 10.5. The van der Waals surface area contributed by atoms with Gasteiger partial charge < -0.3 is 10.1 Å². The summed E-state index contributed by atoms with van der Waals surface area (Å²) in [6.45, 7) is 0.340. The molecule has 0 aliphatic carbocycles. The van der Waals surface area contributed by atoms with Gasteiger partial charge in [-0.15, -0.1) is 0 Å². The van der Waals surface area contributed by atoms with E-state index in [1.54, 1.807) is 25.2 Å².